The lowest BCUT2D eigenvalue weighted by molar-refractivity contribution is 0.0691. The summed E-state index contributed by atoms with van der Waals surface area (Å²) < 4.78 is 1.98. The van der Waals surface area contributed by atoms with Gasteiger partial charge in [0.2, 0.25) is 0 Å². The molecule has 7 nitrogen and oxygen atoms in total. The molecule has 0 spiro atoms. The van der Waals surface area contributed by atoms with E-state index in [1.807, 2.05) is 48.1 Å². The van der Waals surface area contributed by atoms with Gasteiger partial charge in [-0.15, -0.1) is 0 Å². The second-order valence-electron chi connectivity index (χ2n) is 5.85. The molecule has 0 aliphatic rings. The fraction of sp³-hybridized carbons (Fsp3) is 0.0526. The molecular weight excluding hydrogens is 330 g/mol. The maximum absolute atomic E-state index is 11.5. The van der Waals surface area contributed by atoms with E-state index >= 15 is 0 Å². The van der Waals surface area contributed by atoms with Gasteiger partial charge in [0, 0.05) is 35.9 Å². The van der Waals surface area contributed by atoms with Crippen LogP contribution in [0.2, 0.25) is 0 Å². The third kappa shape index (κ3) is 2.46. The molecule has 1 aromatic carbocycles. The number of hydrogen-bond acceptors (Lipinski definition) is 5. The lowest BCUT2D eigenvalue weighted by atomic mass is 10.1. The number of anilines is 1. The monoisotopic (exact) mass is 345 g/mol. The third-order valence-electron chi connectivity index (χ3n) is 4.18. The Hall–Kier alpha value is -3.74. The molecule has 0 bridgehead atoms. The first-order valence-corrected chi connectivity index (χ1v) is 7.93. The number of carboxylic acids is 1. The van der Waals surface area contributed by atoms with Crippen molar-refractivity contribution < 1.29 is 9.90 Å². The van der Waals surface area contributed by atoms with Crippen LogP contribution in [-0.2, 0) is 7.05 Å². The van der Waals surface area contributed by atoms with E-state index in [-0.39, 0.29) is 11.5 Å². The van der Waals surface area contributed by atoms with E-state index in [1.165, 1.54) is 0 Å². The molecule has 3 N–H and O–H groups in total. The zero-order chi connectivity index (χ0) is 18.3. The number of hydrogen-bond donors (Lipinski definition) is 2. The first-order chi connectivity index (χ1) is 12.6. The number of nitrogens with zero attached hydrogens (tertiary/aromatic N) is 4. The third-order valence-corrected chi connectivity index (χ3v) is 4.18. The number of carboxylic acid groups (broad SMARTS) is 1. The predicted molar refractivity (Wildman–Crippen MR) is 98.5 cm³/mol. The van der Waals surface area contributed by atoms with Gasteiger partial charge in [-0.05, 0) is 18.2 Å². The molecule has 26 heavy (non-hydrogen) atoms. The smallest absolute Gasteiger partial charge is 0.358 e. The summed E-state index contributed by atoms with van der Waals surface area (Å²) >= 11 is 0. The summed E-state index contributed by atoms with van der Waals surface area (Å²) in [6.45, 7) is 0. The van der Waals surface area contributed by atoms with Crippen LogP contribution in [0.25, 0.3) is 33.5 Å². The summed E-state index contributed by atoms with van der Waals surface area (Å²) in [5.41, 5.74) is 8.86. The molecule has 0 fully saturated rings. The van der Waals surface area contributed by atoms with E-state index in [1.54, 1.807) is 18.3 Å². The van der Waals surface area contributed by atoms with Crippen LogP contribution < -0.4 is 5.73 Å². The van der Waals surface area contributed by atoms with Crippen molar-refractivity contribution in [3.8, 4) is 22.6 Å². The number of nitrogens with two attached hydrogens (primary N) is 1. The Bertz CT molecular complexity index is 1140. The van der Waals surface area contributed by atoms with Gasteiger partial charge in [-0.25, -0.2) is 14.8 Å². The molecule has 4 rings (SSSR count). The van der Waals surface area contributed by atoms with Crippen LogP contribution in [0, 0.1) is 0 Å². The highest BCUT2D eigenvalue weighted by Gasteiger charge is 2.22. The Labute approximate surface area is 148 Å². The highest BCUT2D eigenvalue weighted by atomic mass is 16.4. The lowest BCUT2D eigenvalue weighted by Gasteiger charge is -2.10. The predicted octanol–water partition coefficient (Wildman–Crippen LogP) is 2.98. The molecule has 0 amide bonds. The van der Waals surface area contributed by atoms with Crippen molar-refractivity contribution in [2.75, 3.05) is 5.73 Å². The number of carbonyl (C=O) groups is 1. The molecule has 0 aliphatic carbocycles. The van der Waals surface area contributed by atoms with Crippen molar-refractivity contribution in [2.45, 2.75) is 0 Å². The molecule has 0 unspecified atom stereocenters. The Morgan fingerprint density at radius 1 is 1.08 bits per heavy atom. The molecule has 3 heterocycles. The van der Waals surface area contributed by atoms with Crippen LogP contribution >= 0.6 is 0 Å². The minimum Gasteiger partial charge on any atom is -0.476 e. The topological polar surface area (TPSA) is 107 Å². The fourth-order valence-electron chi connectivity index (χ4n) is 3.01. The molecule has 3 aromatic heterocycles. The maximum atomic E-state index is 11.5. The number of fused-ring (bicyclic) bond motifs is 1. The molecule has 7 heteroatoms. The quantitative estimate of drug-likeness (QED) is 0.591. The van der Waals surface area contributed by atoms with Crippen LogP contribution in [-0.4, -0.2) is 30.6 Å². The summed E-state index contributed by atoms with van der Waals surface area (Å²) in [6, 6.07) is 13.2. The van der Waals surface area contributed by atoms with E-state index < -0.39 is 5.97 Å². The normalized spacial score (nSPS) is 11.0. The second-order valence-corrected chi connectivity index (χ2v) is 5.85. The van der Waals surface area contributed by atoms with Crippen molar-refractivity contribution in [3.63, 3.8) is 0 Å². The Morgan fingerprint density at radius 2 is 1.85 bits per heavy atom. The van der Waals surface area contributed by atoms with Gasteiger partial charge < -0.3 is 15.4 Å². The van der Waals surface area contributed by atoms with Gasteiger partial charge >= 0.3 is 5.97 Å². The number of benzene rings is 1. The van der Waals surface area contributed by atoms with Crippen LogP contribution in [0.15, 0.2) is 54.9 Å². The van der Waals surface area contributed by atoms with Gasteiger partial charge in [-0.3, -0.25) is 4.98 Å². The Balaban J connectivity index is 2.07. The molecule has 0 saturated heterocycles. The van der Waals surface area contributed by atoms with Crippen LogP contribution in [0.5, 0.6) is 0 Å². The van der Waals surface area contributed by atoms with Crippen LogP contribution in [0.1, 0.15) is 10.5 Å². The van der Waals surface area contributed by atoms with Gasteiger partial charge in [0.1, 0.15) is 11.4 Å². The highest BCUT2D eigenvalue weighted by molar-refractivity contribution is 5.99. The Kier molecular flexibility index (Phi) is 3.62. The zero-order valence-corrected chi connectivity index (χ0v) is 13.9. The zero-order valence-electron chi connectivity index (χ0n) is 13.9. The number of nitrogen functional groups attached to an aromatic ring is 1. The molecule has 0 aliphatic heterocycles. The van der Waals surface area contributed by atoms with E-state index in [0.717, 1.165) is 16.5 Å². The summed E-state index contributed by atoms with van der Waals surface area (Å²) in [6.07, 6.45) is 3.56. The largest absolute Gasteiger partial charge is 0.476 e. The number of aromatic nitrogens is 4. The summed E-state index contributed by atoms with van der Waals surface area (Å²) in [5, 5.41) is 10.3. The van der Waals surface area contributed by atoms with Crippen molar-refractivity contribution in [3.05, 3.63) is 60.6 Å². The molecule has 128 valence electrons. The Morgan fingerprint density at radius 3 is 2.58 bits per heavy atom. The highest BCUT2D eigenvalue weighted by Crippen LogP contribution is 2.35. The van der Waals surface area contributed by atoms with E-state index in [2.05, 4.69) is 15.0 Å². The van der Waals surface area contributed by atoms with Crippen LogP contribution in [0.4, 0.5) is 5.82 Å². The molecule has 0 radical (unpaired) electrons. The number of pyridine rings is 1. The number of aryl methyl sites for hydroxylation is 1. The molecule has 0 atom stereocenters. The van der Waals surface area contributed by atoms with Gasteiger partial charge in [-0.1, -0.05) is 24.3 Å². The van der Waals surface area contributed by atoms with Gasteiger partial charge in [0.15, 0.2) is 11.5 Å². The minimum atomic E-state index is -1.23. The second kappa shape index (κ2) is 5.96. The van der Waals surface area contributed by atoms with Gasteiger partial charge in [-0.2, -0.15) is 0 Å². The van der Waals surface area contributed by atoms with Crippen LogP contribution in [0.3, 0.4) is 0 Å². The average molecular weight is 345 g/mol. The van der Waals surface area contributed by atoms with Crippen molar-refractivity contribution in [1.82, 2.24) is 19.5 Å². The van der Waals surface area contributed by atoms with E-state index in [4.69, 9.17) is 5.73 Å². The molecular formula is C19H15N5O2. The lowest BCUT2D eigenvalue weighted by Crippen LogP contribution is -2.10. The standard InChI is InChI=1S/C19H15N5O2/c1-24-10-12(11-6-2-3-8-14(11)24)15-16(13-7-4-5-9-21-13)22-17(19(25)26)18(20)23-15/h2-10H,1H3,(H2,20,23)(H,25,26). The van der Waals surface area contributed by atoms with Crippen molar-refractivity contribution >= 4 is 22.7 Å². The summed E-state index contributed by atoms with van der Waals surface area (Å²) in [5.74, 6) is -1.35. The molecule has 0 saturated carbocycles. The first-order valence-electron chi connectivity index (χ1n) is 7.93. The van der Waals surface area contributed by atoms with E-state index in [0.29, 0.717) is 17.1 Å². The maximum Gasteiger partial charge on any atom is 0.358 e. The minimum absolute atomic E-state index is 0.125. The summed E-state index contributed by atoms with van der Waals surface area (Å²) in [7, 11) is 1.94. The van der Waals surface area contributed by atoms with Crippen molar-refractivity contribution in [1.29, 1.82) is 0 Å². The first kappa shape index (κ1) is 15.8. The fourth-order valence-corrected chi connectivity index (χ4v) is 3.01. The number of aromatic carboxylic acids is 1. The average Bonchev–Trinajstić information content (AvgIpc) is 2.99. The number of rotatable bonds is 3. The van der Waals surface area contributed by atoms with Gasteiger partial charge in [0.25, 0.3) is 0 Å². The van der Waals surface area contributed by atoms with Crippen molar-refractivity contribution in [2.24, 2.45) is 7.05 Å². The number of para-hydroxylation sites is 1. The SMILES string of the molecule is Cn1cc(-c2nc(N)c(C(=O)O)nc2-c2ccccn2)c2ccccc21. The van der Waals surface area contributed by atoms with Gasteiger partial charge in [0.05, 0.1) is 5.69 Å². The summed E-state index contributed by atoms with van der Waals surface area (Å²) in [4.78, 5) is 24.4. The molecule has 4 aromatic rings. The van der Waals surface area contributed by atoms with E-state index in [9.17, 15) is 9.90 Å².